The van der Waals surface area contributed by atoms with Gasteiger partial charge in [0.1, 0.15) is 17.0 Å². The minimum Gasteiger partial charge on any atom is -0.394 e. The topological polar surface area (TPSA) is 106 Å². The van der Waals surface area contributed by atoms with E-state index < -0.39 is 23.4 Å². The van der Waals surface area contributed by atoms with Crippen LogP contribution in [0.25, 0.3) is 28.2 Å². The monoisotopic (exact) mass is 541 g/mol. The standard InChI is InChI=1S/C27H27F4N7O/c1-5-21(37(4)14-22(32)27(29,30)31)17-8-6-16(7-9-17)13-38-25-20(35-26(38)39)12-34-24(36-25)19-10-18(28)11-33-23(19)15(2)3/h5-12,14-15H,13,32H2,1-4H3,(H,35,39)/b21-5-,22-14-. The molecule has 0 bridgehead atoms. The highest BCUT2D eigenvalue weighted by atomic mass is 19.4. The van der Waals surface area contributed by atoms with Crippen LogP contribution in [0.3, 0.4) is 0 Å². The van der Waals surface area contributed by atoms with Crippen LogP contribution in [-0.4, -0.2) is 42.6 Å². The Morgan fingerprint density at radius 2 is 1.87 bits per heavy atom. The lowest BCUT2D eigenvalue weighted by Crippen LogP contribution is -2.23. The predicted octanol–water partition coefficient (Wildman–Crippen LogP) is 5.15. The molecule has 0 amide bonds. The van der Waals surface area contributed by atoms with Gasteiger partial charge in [0.15, 0.2) is 11.5 Å². The Kier molecular flexibility index (Phi) is 7.57. The Morgan fingerprint density at radius 3 is 2.49 bits per heavy atom. The fourth-order valence-electron chi connectivity index (χ4n) is 4.20. The number of nitrogens with two attached hydrogens (primary N) is 1. The number of hydrogen-bond donors (Lipinski definition) is 2. The summed E-state index contributed by atoms with van der Waals surface area (Å²) >= 11 is 0. The molecular formula is C27H27F4N7O. The fraction of sp³-hybridized carbons (Fsp3) is 0.259. The van der Waals surface area contributed by atoms with Crippen molar-refractivity contribution in [3.63, 3.8) is 0 Å². The van der Waals surface area contributed by atoms with Crippen LogP contribution in [0, 0.1) is 5.82 Å². The maximum atomic E-state index is 14.0. The maximum Gasteiger partial charge on any atom is 0.432 e. The number of nitrogens with one attached hydrogen (secondary N) is 1. The molecule has 0 fully saturated rings. The van der Waals surface area contributed by atoms with Crippen molar-refractivity contribution in [2.45, 2.75) is 39.4 Å². The van der Waals surface area contributed by atoms with E-state index in [-0.39, 0.29) is 18.3 Å². The third kappa shape index (κ3) is 5.84. The van der Waals surface area contributed by atoms with Crippen LogP contribution < -0.4 is 11.4 Å². The zero-order valence-electron chi connectivity index (χ0n) is 21.7. The van der Waals surface area contributed by atoms with E-state index in [0.29, 0.717) is 33.7 Å². The van der Waals surface area contributed by atoms with Crippen molar-refractivity contribution >= 4 is 16.9 Å². The van der Waals surface area contributed by atoms with E-state index in [1.807, 2.05) is 13.8 Å². The summed E-state index contributed by atoms with van der Waals surface area (Å²) in [5.41, 5.74) is 7.31. The summed E-state index contributed by atoms with van der Waals surface area (Å²) in [7, 11) is 1.48. The number of aromatic amines is 1. The van der Waals surface area contributed by atoms with Gasteiger partial charge in [0.2, 0.25) is 0 Å². The molecule has 0 saturated carbocycles. The lowest BCUT2D eigenvalue weighted by Gasteiger charge is -2.20. The van der Waals surface area contributed by atoms with Gasteiger partial charge in [-0.15, -0.1) is 0 Å². The first-order valence-corrected chi connectivity index (χ1v) is 12.0. The Bertz CT molecular complexity index is 1620. The molecule has 3 aromatic heterocycles. The third-order valence-electron chi connectivity index (χ3n) is 6.09. The molecule has 0 unspecified atom stereocenters. The van der Waals surface area contributed by atoms with Gasteiger partial charge in [-0.1, -0.05) is 44.2 Å². The van der Waals surface area contributed by atoms with Gasteiger partial charge >= 0.3 is 11.9 Å². The summed E-state index contributed by atoms with van der Waals surface area (Å²) in [6, 6.07) is 8.35. The molecule has 0 aliphatic heterocycles. The van der Waals surface area contributed by atoms with Crippen LogP contribution in [0.2, 0.25) is 0 Å². The number of nitrogens with zero attached hydrogens (tertiary/aromatic N) is 5. The molecule has 0 radical (unpaired) electrons. The number of benzene rings is 1. The average Bonchev–Trinajstić information content (AvgIpc) is 3.18. The first-order valence-electron chi connectivity index (χ1n) is 12.0. The van der Waals surface area contributed by atoms with Crippen LogP contribution >= 0.6 is 0 Å². The second kappa shape index (κ2) is 10.7. The summed E-state index contributed by atoms with van der Waals surface area (Å²) < 4.78 is 54.0. The zero-order valence-corrected chi connectivity index (χ0v) is 21.7. The number of allylic oxidation sites excluding steroid dienone is 2. The number of imidazole rings is 1. The van der Waals surface area contributed by atoms with Gasteiger partial charge in [0.25, 0.3) is 0 Å². The number of fused-ring (bicyclic) bond motifs is 1. The quantitative estimate of drug-likeness (QED) is 0.314. The van der Waals surface area contributed by atoms with Gasteiger partial charge < -0.3 is 15.6 Å². The van der Waals surface area contributed by atoms with Crippen molar-refractivity contribution < 1.29 is 17.6 Å². The molecule has 204 valence electrons. The molecule has 3 N–H and O–H groups in total. The number of halogens is 4. The highest BCUT2D eigenvalue weighted by Gasteiger charge is 2.32. The van der Waals surface area contributed by atoms with Crippen molar-refractivity contribution in [1.82, 2.24) is 29.4 Å². The Balaban J connectivity index is 1.65. The van der Waals surface area contributed by atoms with Crippen molar-refractivity contribution in [3.8, 4) is 11.4 Å². The van der Waals surface area contributed by atoms with Crippen LogP contribution in [0.5, 0.6) is 0 Å². The molecule has 0 saturated heterocycles. The summed E-state index contributed by atoms with van der Waals surface area (Å²) in [5, 5.41) is 0. The SMILES string of the molecule is C/C=C(/c1ccc(Cn2c(=O)[nH]c3cnc(-c4cc(F)cnc4C(C)C)nc32)cc1)N(C)/C=C(\N)C(F)(F)F. The number of H-pyrrole nitrogens is 1. The van der Waals surface area contributed by atoms with E-state index in [1.54, 1.807) is 37.3 Å². The van der Waals surface area contributed by atoms with E-state index >= 15 is 0 Å². The van der Waals surface area contributed by atoms with Crippen LogP contribution in [0.1, 0.15) is 43.5 Å². The Hall–Kier alpha value is -4.48. The van der Waals surface area contributed by atoms with Crippen LogP contribution in [0.4, 0.5) is 17.6 Å². The molecule has 3 heterocycles. The number of rotatable bonds is 7. The first kappa shape index (κ1) is 27.6. The van der Waals surface area contributed by atoms with Gasteiger partial charge in [0.05, 0.1) is 24.6 Å². The molecule has 4 aromatic rings. The van der Waals surface area contributed by atoms with Crippen LogP contribution in [-0.2, 0) is 6.54 Å². The molecular weight excluding hydrogens is 514 g/mol. The lowest BCUT2D eigenvalue weighted by atomic mass is 10.0. The van der Waals surface area contributed by atoms with E-state index in [4.69, 9.17) is 5.73 Å². The molecule has 1 aromatic carbocycles. The normalized spacial score (nSPS) is 12.9. The van der Waals surface area contributed by atoms with Crippen LogP contribution in [0.15, 0.2) is 65.5 Å². The maximum absolute atomic E-state index is 14.0. The largest absolute Gasteiger partial charge is 0.432 e. The van der Waals surface area contributed by atoms with E-state index in [1.165, 1.54) is 28.8 Å². The summed E-state index contributed by atoms with van der Waals surface area (Å²) in [5.74, 6) is -0.283. The minimum absolute atomic E-state index is 0.00618. The lowest BCUT2D eigenvalue weighted by molar-refractivity contribution is -0.0934. The molecule has 4 rings (SSSR count). The Morgan fingerprint density at radius 1 is 1.18 bits per heavy atom. The average molecular weight is 542 g/mol. The van der Waals surface area contributed by atoms with E-state index in [2.05, 4.69) is 19.9 Å². The van der Waals surface area contributed by atoms with Gasteiger partial charge in [-0.3, -0.25) is 9.55 Å². The molecule has 0 aliphatic rings. The summed E-state index contributed by atoms with van der Waals surface area (Å²) in [6.45, 7) is 5.72. The van der Waals surface area contributed by atoms with E-state index in [0.717, 1.165) is 18.0 Å². The second-order valence-electron chi connectivity index (χ2n) is 9.25. The van der Waals surface area contributed by atoms with Crippen molar-refractivity contribution in [3.05, 3.63) is 93.8 Å². The summed E-state index contributed by atoms with van der Waals surface area (Å²) in [4.78, 5) is 29.9. The zero-order chi connectivity index (χ0) is 28.5. The van der Waals surface area contributed by atoms with Crippen molar-refractivity contribution in [2.75, 3.05) is 7.05 Å². The molecule has 0 spiro atoms. The Labute approximate surface area is 221 Å². The highest BCUT2D eigenvalue weighted by Crippen LogP contribution is 2.27. The number of pyridine rings is 1. The number of aromatic nitrogens is 5. The third-order valence-corrected chi connectivity index (χ3v) is 6.09. The molecule has 12 heteroatoms. The van der Waals surface area contributed by atoms with Crippen molar-refractivity contribution in [1.29, 1.82) is 0 Å². The smallest absolute Gasteiger partial charge is 0.394 e. The van der Waals surface area contributed by atoms with Gasteiger partial charge in [-0.25, -0.2) is 19.2 Å². The van der Waals surface area contributed by atoms with Gasteiger partial charge in [-0.2, -0.15) is 13.2 Å². The van der Waals surface area contributed by atoms with Crippen molar-refractivity contribution in [2.24, 2.45) is 5.73 Å². The predicted molar refractivity (Wildman–Crippen MR) is 141 cm³/mol. The summed E-state index contributed by atoms with van der Waals surface area (Å²) in [6.07, 6.45) is 0.484. The first-order chi connectivity index (χ1) is 18.4. The number of alkyl halides is 3. The van der Waals surface area contributed by atoms with Gasteiger partial charge in [-0.05, 0) is 30.0 Å². The minimum atomic E-state index is -4.63. The molecule has 8 nitrogen and oxygen atoms in total. The number of hydrogen-bond acceptors (Lipinski definition) is 6. The fourth-order valence-corrected chi connectivity index (χ4v) is 4.20. The van der Waals surface area contributed by atoms with Gasteiger partial charge in [0, 0.05) is 24.5 Å². The highest BCUT2D eigenvalue weighted by molar-refractivity contribution is 5.73. The molecule has 39 heavy (non-hydrogen) atoms. The molecule has 0 atom stereocenters. The second-order valence-corrected chi connectivity index (χ2v) is 9.25. The molecule has 0 aliphatic carbocycles. The van der Waals surface area contributed by atoms with E-state index in [9.17, 15) is 22.4 Å².